The smallest absolute Gasteiger partial charge is 0.265 e. The number of hydrogen-bond acceptors (Lipinski definition) is 3. The van der Waals surface area contributed by atoms with Crippen molar-refractivity contribution in [1.82, 2.24) is 0 Å². The van der Waals surface area contributed by atoms with Crippen LogP contribution in [0.15, 0.2) is 66.7 Å². The summed E-state index contributed by atoms with van der Waals surface area (Å²) in [6.45, 7) is 12.1. The van der Waals surface area contributed by atoms with Crippen LogP contribution < -0.4 is 10.1 Å². The highest BCUT2D eigenvalue weighted by Crippen LogP contribution is 2.24. The molecule has 0 unspecified atom stereocenters. The summed E-state index contributed by atoms with van der Waals surface area (Å²) in [6, 6.07) is 20.4. The first kappa shape index (κ1) is 23.3. The lowest BCUT2D eigenvalue weighted by Gasteiger charge is -2.19. The maximum atomic E-state index is 13.0. The highest BCUT2D eigenvalue weighted by Gasteiger charge is 2.18. The van der Waals surface area contributed by atoms with Gasteiger partial charge in [-0.15, -0.1) is 0 Å². The molecule has 0 saturated heterocycles. The molecule has 0 bridgehead atoms. The fraction of sp³-hybridized carbons (Fsp3) is 0.286. The quantitative estimate of drug-likeness (QED) is 0.472. The summed E-state index contributed by atoms with van der Waals surface area (Å²) in [5.41, 5.74) is 5.02. The van der Waals surface area contributed by atoms with Crippen molar-refractivity contribution < 1.29 is 14.3 Å². The van der Waals surface area contributed by atoms with Crippen LogP contribution in [0.1, 0.15) is 60.3 Å². The highest BCUT2D eigenvalue weighted by atomic mass is 16.5. The zero-order valence-electron chi connectivity index (χ0n) is 19.7. The number of aryl methyl sites for hydroxylation is 1. The molecule has 4 nitrogen and oxygen atoms in total. The van der Waals surface area contributed by atoms with Crippen molar-refractivity contribution in [3.63, 3.8) is 0 Å². The Morgan fingerprint density at radius 1 is 0.875 bits per heavy atom. The molecule has 4 heteroatoms. The number of ether oxygens (including phenoxy) is 1. The number of hydrogen-bond donors (Lipinski definition) is 1. The molecule has 3 aromatic rings. The molecule has 3 aromatic carbocycles. The van der Waals surface area contributed by atoms with Gasteiger partial charge in [-0.1, -0.05) is 69.3 Å². The van der Waals surface area contributed by atoms with Crippen molar-refractivity contribution >= 4 is 17.4 Å². The molecule has 0 fully saturated rings. The SMILES string of the molecule is Cc1cccc(O[C@@H](C)C(=O)Nc2cccc(C(=O)c3ccc(C(C)(C)C)cc3)c2)c1C. The van der Waals surface area contributed by atoms with E-state index in [0.29, 0.717) is 22.6 Å². The summed E-state index contributed by atoms with van der Waals surface area (Å²) in [6.07, 6.45) is -0.681. The van der Waals surface area contributed by atoms with Crippen LogP contribution in [-0.4, -0.2) is 17.8 Å². The first-order valence-corrected chi connectivity index (χ1v) is 10.9. The summed E-state index contributed by atoms with van der Waals surface area (Å²) in [4.78, 5) is 25.6. The molecule has 0 saturated carbocycles. The average Bonchev–Trinajstić information content (AvgIpc) is 2.76. The molecule has 0 spiro atoms. The van der Waals surface area contributed by atoms with E-state index in [4.69, 9.17) is 4.74 Å². The minimum Gasteiger partial charge on any atom is -0.481 e. The van der Waals surface area contributed by atoms with Crippen LogP contribution >= 0.6 is 0 Å². The number of carbonyl (C=O) groups is 2. The van der Waals surface area contributed by atoms with Gasteiger partial charge in [0.25, 0.3) is 5.91 Å². The molecule has 0 aliphatic carbocycles. The lowest BCUT2D eigenvalue weighted by molar-refractivity contribution is -0.122. The molecular formula is C28H31NO3. The molecule has 32 heavy (non-hydrogen) atoms. The van der Waals surface area contributed by atoms with Crippen LogP contribution in [0, 0.1) is 13.8 Å². The van der Waals surface area contributed by atoms with Crippen molar-refractivity contribution in [3.8, 4) is 5.75 Å². The number of nitrogens with one attached hydrogen (secondary N) is 1. The van der Waals surface area contributed by atoms with E-state index in [-0.39, 0.29) is 17.1 Å². The fourth-order valence-electron chi connectivity index (χ4n) is 3.37. The van der Waals surface area contributed by atoms with Crippen molar-refractivity contribution in [2.45, 2.75) is 53.1 Å². The Morgan fingerprint density at radius 2 is 1.53 bits per heavy atom. The Bertz CT molecular complexity index is 1120. The number of anilines is 1. The van der Waals surface area contributed by atoms with E-state index in [0.717, 1.165) is 11.1 Å². The van der Waals surface area contributed by atoms with Gasteiger partial charge in [-0.25, -0.2) is 0 Å². The van der Waals surface area contributed by atoms with E-state index in [1.165, 1.54) is 5.56 Å². The van der Waals surface area contributed by atoms with Gasteiger partial charge in [0.15, 0.2) is 11.9 Å². The summed E-state index contributed by atoms with van der Waals surface area (Å²) < 4.78 is 5.87. The van der Waals surface area contributed by atoms with Crippen LogP contribution in [-0.2, 0) is 10.2 Å². The van der Waals surface area contributed by atoms with Gasteiger partial charge in [-0.05, 0) is 61.1 Å². The predicted octanol–water partition coefficient (Wildman–Crippen LogP) is 6.24. The number of carbonyl (C=O) groups excluding carboxylic acids is 2. The predicted molar refractivity (Wildman–Crippen MR) is 130 cm³/mol. The largest absolute Gasteiger partial charge is 0.481 e. The zero-order chi connectivity index (χ0) is 23.5. The number of ketones is 1. The van der Waals surface area contributed by atoms with Gasteiger partial charge in [-0.3, -0.25) is 9.59 Å². The maximum Gasteiger partial charge on any atom is 0.265 e. The van der Waals surface area contributed by atoms with Gasteiger partial charge in [0.1, 0.15) is 5.75 Å². The monoisotopic (exact) mass is 429 g/mol. The minimum atomic E-state index is -0.681. The van der Waals surface area contributed by atoms with Crippen molar-refractivity contribution in [3.05, 3.63) is 94.5 Å². The Morgan fingerprint density at radius 3 is 2.19 bits per heavy atom. The topological polar surface area (TPSA) is 55.4 Å². The third-order valence-electron chi connectivity index (χ3n) is 5.63. The maximum absolute atomic E-state index is 13.0. The molecule has 1 atom stereocenters. The second-order valence-corrected chi connectivity index (χ2v) is 9.18. The van der Waals surface area contributed by atoms with E-state index in [2.05, 4.69) is 26.1 Å². The Kier molecular flexibility index (Phi) is 6.83. The summed E-state index contributed by atoms with van der Waals surface area (Å²) in [7, 11) is 0. The summed E-state index contributed by atoms with van der Waals surface area (Å²) in [5.74, 6) is 0.335. The van der Waals surface area contributed by atoms with Gasteiger partial charge < -0.3 is 10.1 Å². The average molecular weight is 430 g/mol. The van der Waals surface area contributed by atoms with Crippen molar-refractivity contribution in [1.29, 1.82) is 0 Å². The second kappa shape index (κ2) is 9.39. The van der Waals surface area contributed by atoms with Crippen molar-refractivity contribution in [2.75, 3.05) is 5.32 Å². The molecular weight excluding hydrogens is 398 g/mol. The second-order valence-electron chi connectivity index (χ2n) is 9.18. The minimum absolute atomic E-state index is 0.0293. The molecule has 0 radical (unpaired) electrons. The van der Waals surface area contributed by atoms with Gasteiger partial charge in [0, 0.05) is 16.8 Å². The van der Waals surface area contributed by atoms with E-state index >= 15 is 0 Å². The third-order valence-corrected chi connectivity index (χ3v) is 5.63. The molecule has 166 valence electrons. The van der Waals surface area contributed by atoms with Gasteiger partial charge >= 0.3 is 0 Å². The van der Waals surface area contributed by atoms with Crippen LogP contribution in [0.4, 0.5) is 5.69 Å². The van der Waals surface area contributed by atoms with Crippen LogP contribution in [0.3, 0.4) is 0 Å². The lowest BCUT2D eigenvalue weighted by atomic mass is 9.86. The molecule has 0 aromatic heterocycles. The third kappa shape index (κ3) is 5.44. The number of benzene rings is 3. The Labute approximate surface area is 190 Å². The van der Waals surface area contributed by atoms with Gasteiger partial charge in [0.2, 0.25) is 0 Å². The van der Waals surface area contributed by atoms with Crippen LogP contribution in [0.5, 0.6) is 5.75 Å². The summed E-state index contributed by atoms with van der Waals surface area (Å²) >= 11 is 0. The molecule has 0 aliphatic rings. The first-order chi connectivity index (χ1) is 15.1. The van der Waals surface area contributed by atoms with Gasteiger partial charge in [0.05, 0.1) is 0 Å². The van der Waals surface area contributed by atoms with E-state index in [1.54, 1.807) is 31.2 Å². The van der Waals surface area contributed by atoms with Crippen molar-refractivity contribution in [2.24, 2.45) is 0 Å². The number of rotatable bonds is 6. The van der Waals surface area contributed by atoms with Crippen LogP contribution in [0.2, 0.25) is 0 Å². The Balaban J connectivity index is 1.70. The number of amides is 1. The van der Waals surface area contributed by atoms with E-state index in [9.17, 15) is 9.59 Å². The zero-order valence-corrected chi connectivity index (χ0v) is 19.7. The molecule has 0 heterocycles. The standard InChI is InChI=1S/C28H31NO3/c1-18-9-7-12-25(19(18)2)32-20(3)27(31)29-24-11-8-10-22(17-24)26(30)21-13-15-23(16-14-21)28(4,5)6/h7-17,20H,1-6H3,(H,29,31)/t20-/m0/s1. The molecule has 1 amide bonds. The lowest BCUT2D eigenvalue weighted by Crippen LogP contribution is -2.30. The Hall–Kier alpha value is -3.40. The summed E-state index contributed by atoms with van der Waals surface area (Å²) in [5, 5.41) is 2.86. The highest BCUT2D eigenvalue weighted by molar-refractivity contribution is 6.09. The fourth-order valence-corrected chi connectivity index (χ4v) is 3.37. The first-order valence-electron chi connectivity index (χ1n) is 10.9. The molecule has 0 aliphatic heterocycles. The molecule has 3 rings (SSSR count). The normalized spacial score (nSPS) is 12.2. The molecule has 1 N–H and O–H groups in total. The van der Waals surface area contributed by atoms with E-state index < -0.39 is 6.10 Å². The van der Waals surface area contributed by atoms with E-state index in [1.807, 2.05) is 56.3 Å². The van der Waals surface area contributed by atoms with Gasteiger partial charge in [-0.2, -0.15) is 0 Å². The van der Waals surface area contributed by atoms with Crippen LogP contribution in [0.25, 0.3) is 0 Å².